The molecule has 0 fully saturated rings. The minimum atomic E-state index is -0.501. The quantitative estimate of drug-likeness (QED) is 0.178. The van der Waals surface area contributed by atoms with Gasteiger partial charge in [0.05, 0.1) is 23.5 Å². The van der Waals surface area contributed by atoms with E-state index in [4.69, 9.17) is 30.6 Å². The van der Waals surface area contributed by atoms with Crippen LogP contribution in [0.1, 0.15) is 31.8 Å². The minimum absolute atomic E-state index is 0.0636. The molecular weight excluding hydrogens is 737 g/mol. The van der Waals surface area contributed by atoms with Crippen molar-refractivity contribution in [2.75, 3.05) is 0 Å². The van der Waals surface area contributed by atoms with Gasteiger partial charge in [-0.25, -0.2) is 15.0 Å². The van der Waals surface area contributed by atoms with E-state index in [-0.39, 0.29) is 28.5 Å². The third-order valence-electron chi connectivity index (χ3n) is 12.4. The molecule has 0 unspecified atom stereocenters. The predicted octanol–water partition coefficient (Wildman–Crippen LogP) is 14.1. The Bertz CT molecular complexity index is 4040. The van der Waals surface area contributed by atoms with Gasteiger partial charge in [-0.3, -0.25) is 0 Å². The fourth-order valence-electron chi connectivity index (χ4n) is 9.59. The van der Waals surface area contributed by atoms with Gasteiger partial charge >= 0.3 is 0 Å². The molecule has 1 aliphatic rings. The first-order chi connectivity index (χ1) is 31.6. The molecule has 0 N–H and O–H groups in total. The van der Waals surface area contributed by atoms with Gasteiger partial charge in [-0.15, -0.1) is 0 Å². The lowest BCUT2D eigenvalue weighted by molar-refractivity contribution is 0.661. The summed E-state index contributed by atoms with van der Waals surface area (Å²) in [5.41, 5.74) is 11.7. The van der Waals surface area contributed by atoms with Crippen molar-refractivity contribution in [2.45, 2.75) is 19.3 Å². The topological polar surface area (TPSA) is 69.9 Å². The summed E-state index contributed by atoms with van der Waals surface area (Å²) in [5, 5.41) is 5.74. The second-order valence-electron chi connectivity index (χ2n) is 16.0. The van der Waals surface area contributed by atoms with Crippen LogP contribution in [-0.4, -0.2) is 19.5 Å². The molecule has 4 heterocycles. The summed E-state index contributed by atoms with van der Waals surface area (Å²) in [6.45, 7) is 4.60. The van der Waals surface area contributed by atoms with E-state index in [1.54, 1.807) is 0 Å². The summed E-state index contributed by atoms with van der Waals surface area (Å²) in [5.74, 6) is 0.395. The van der Waals surface area contributed by atoms with Crippen molar-refractivity contribution in [3.63, 3.8) is 0 Å². The Balaban J connectivity index is 1.03. The average Bonchev–Trinajstić information content (AvgIpc) is 4.06. The molecule has 0 radical (unpaired) electrons. The Morgan fingerprint density at radius 1 is 0.483 bits per heavy atom. The third-order valence-corrected chi connectivity index (χ3v) is 12.4. The fraction of sp³-hybridized carbons (Fsp3) is 0.0556. The number of benzene rings is 8. The van der Waals surface area contributed by atoms with Crippen LogP contribution in [0.25, 0.3) is 117 Å². The lowest BCUT2D eigenvalue weighted by Gasteiger charge is -2.21. The standard InChI is InChI=1S/C54H34N4O2/c1-54(2)42-22-9-6-16-33(42)40-29-41-34-17-7-10-23-44(34)58(45(41)30-43(40)54)32-26-27-37-48(28-32)59-47-25-13-20-38(49(37)47)52-55-51(31-14-4-3-5-15-31)56-53(57-52)39-21-12-19-36-35-18-8-11-24-46(35)60-50(36)39/h3-30H,1-2H3/i3D,4D,5D,14D,15D. The number of aromatic nitrogens is 4. The Morgan fingerprint density at radius 3 is 2.08 bits per heavy atom. The van der Waals surface area contributed by atoms with Gasteiger partial charge in [0.1, 0.15) is 22.3 Å². The molecule has 0 spiro atoms. The monoisotopic (exact) mass is 775 g/mol. The number of rotatable bonds is 4. The highest BCUT2D eigenvalue weighted by atomic mass is 16.3. The fourth-order valence-corrected chi connectivity index (χ4v) is 9.59. The van der Waals surface area contributed by atoms with E-state index in [9.17, 15) is 0 Å². The van der Waals surface area contributed by atoms with Crippen LogP contribution in [0, 0.1) is 0 Å². The van der Waals surface area contributed by atoms with Crippen LogP contribution < -0.4 is 0 Å². The summed E-state index contributed by atoms with van der Waals surface area (Å²) in [6, 6.07) is 45.1. The van der Waals surface area contributed by atoms with Crippen molar-refractivity contribution >= 4 is 65.7 Å². The van der Waals surface area contributed by atoms with Crippen LogP contribution >= 0.6 is 0 Å². The number of hydrogen-bond acceptors (Lipinski definition) is 5. The highest BCUT2D eigenvalue weighted by Crippen LogP contribution is 2.51. The molecule has 60 heavy (non-hydrogen) atoms. The van der Waals surface area contributed by atoms with E-state index in [2.05, 4.69) is 97.3 Å². The molecule has 6 heteroatoms. The molecule has 8 aromatic carbocycles. The first-order valence-corrected chi connectivity index (χ1v) is 19.9. The molecule has 0 atom stereocenters. The summed E-state index contributed by atoms with van der Waals surface area (Å²) < 4.78 is 58.5. The molecule has 0 saturated heterocycles. The van der Waals surface area contributed by atoms with Crippen molar-refractivity contribution < 1.29 is 15.7 Å². The van der Waals surface area contributed by atoms with Crippen molar-refractivity contribution in [3.05, 3.63) is 181 Å². The van der Waals surface area contributed by atoms with E-state index in [1.165, 1.54) is 33.0 Å². The second-order valence-corrected chi connectivity index (χ2v) is 16.0. The van der Waals surface area contributed by atoms with E-state index in [0.29, 0.717) is 33.5 Å². The first kappa shape index (κ1) is 28.6. The molecular formula is C54H34N4O2. The zero-order valence-corrected chi connectivity index (χ0v) is 32.4. The second kappa shape index (κ2) is 12.1. The van der Waals surface area contributed by atoms with Crippen molar-refractivity contribution in [2.24, 2.45) is 0 Å². The van der Waals surface area contributed by atoms with Gasteiger partial charge in [-0.1, -0.05) is 129 Å². The third kappa shape index (κ3) is 4.61. The molecule has 0 amide bonds. The average molecular weight is 776 g/mol. The van der Waals surface area contributed by atoms with Crippen LogP contribution in [0.3, 0.4) is 0 Å². The van der Waals surface area contributed by atoms with E-state index >= 15 is 0 Å². The van der Waals surface area contributed by atoms with Gasteiger partial charge in [0, 0.05) is 60.6 Å². The van der Waals surface area contributed by atoms with Crippen LogP contribution in [-0.2, 0) is 5.41 Å². The zero-order valence-electron chi connectivity index (χ0n) is 37.4. The van der Waals surface area contributed by atoms with Gasteiger partial charge in [-0.2, -0.15) is 0 Å². The maximum absolute atomic E-state index is 8.90. The van der Waals surface area contributed by atoms with Crippen LogP contribution in [0.4, 0.5) is 0 Å². The zero-order chi connectivity index (χ0) is 44.0. The van der Waals surface area contributed by atoms with Crippen LogP contribution in [0.15, 0.2) is 179 Å². The van der Waals surface area contributed by atoms with Gasteiger partial charge in [-0.05, 0) is 70.8 Å². The highest BCUT2D eigenvalue weighted by molar-refractivity contribution is 6.14. The maximum atomic E-state index is 8.90. The number of para-hydroxylation sites is 3. The molecule has 4 aromatic heterocycles. The first-order valence-electron chi connectivity index (χ1n) is 22.4. The van der Waals surface area contributed by atoms with Gasteiger partial charge in [0.2, 0.25) is 0 Å². The van der Waals surface area contributed by atoms with Crippen LogP contribution in [0.5, 0.6) is 0 Å². The number of nitrogens with zero attached hydrogens (tertiary/aromatic N) is 4. The van der Waals surface area contributed by atoms with Gasteiger partial charge in [0.25, 0.3) is 0 Å². The number of hydrogen-bond donors (Lipinski definition) is 0. The van der Waals surface area contributed by atoms with Crippen molar-refractivity contribution in [3.8, 4) is 51.0 Å². The normalized spacial score (nSPS) is 14.5. The predicted molar refractivity (Wildman–Crippen MR) is 243 cm³/mol. The molecule has 0 bridgehead atoms. The van der Waals surface area contributed by atoms with Gasteiger partial charge in [0.15, 0.2) is 17.5 Å². The summed E-state index contributed by atoms with van der Waals surface area (Å²) >= 11 is 0. The molecule has 0 saturated carbocycles. The summed E-state index contributed by atoms with van der Waals surface area (Å²) in [6.07, 6.45) is 0. The Labute approximate surface area is 351 Å². The molecule has 1 aliphatic carbocycles. The molecule has 12 aromatic rings. The smallest absolute Gasteiger partial charge is 0.167 e. The van der Waals surface area contributed by atoms with E-state index in [0.717, 1.165) is 38.3 Å². The van der Waals surface area contributed by atoms with E-state index in [1.807, 2.05) is 60.7 Å². The molecule has 13 rings (SSSR count). The lowest BCUT2D eigenvalue weighted by Crippen LogP contribution is -2.14. The van der Waals surface area contributed by atoms with Crippen LogP contribution in [0.2, 0.25) is 0 Å². The molecule has 6 nitrogen and oxygen atoms in total. The lowest BCUT2D eigenvalue weighted by atomic mass is 9.82. The summed E-state index contributed by atoms with van der Waals surface area (Å²) in [7, 11) is 0. The van der Waals surface area contributed by atoms with Gasteiger partial charge < -0.3 is 13.4 Å². The largest absolute Gasteiger partial charge is 0.456 e. The highest BCUT2D eigenvalue weighted by Gasteiger charge is 2.36. The SMILES string of the molecule is [2H]c1c([2H])c([2H])c(-c2nc(-c3cccc4c3oc3ccccc34)nc(-c3cccc4oc5cc(-n6c7ccccc7c7cc8c(cc76)C(C)(C)c6ccccc6-8)ccc5c34)n2)c([2H])c1[2H]. The van der Waals surface area contributed by atoms with Crippen molar-refractivity contribution in [1.82, 2.24) is 19.5 Å². The Morgan fingerprint density at radius 2 is 1.18 bits per heavy atom. The molecule has 0 aliphatic heterocycles. The number of fused-ring (bicyclic) bond motifs is 12. The maximum Gasteiger partial charge on any atom is 0.167 e. The molecule has 282 valence electrons. The van der Waals surface area contributed by atoms with E-state index < -0.39 is 30.2 Å². The minimum Gasteiger partial charge on any atom is -0.456 e. The number of furan rings is 2. The Kier molecular flexibility index (Phi) is 5.76. The van der Waals surface area contributed by atoms with Crippen molar-refractivity contribution in [1.29, 1.82) is 0 Å². The summed E-state index contributed by atoms with van der Waals surface area (Å²) in [4.78, 5) is 14.8. The Hall–Kier alpha value is -7.83.